The first-order valence-electron chi connectivity index (χ1n) is 5.68. The van der Waals surface area contributed by atoms with Crippen LogP contribution in [0.3, 0.4) is 0 Å². The van der Waals surface area contributed by atoms with Crippen molar-refractivity contribution in [3.63, 3.8) is 0 Å². The van der Waals surface area contributed by atoms with Gasteiger partial charge in [0.15, 0.2) is 0 Å². The van der Waals surface area contributed by atoms with Crippen molar-refractivity contribution in [3.8, 4) is 6.07 Å². The van der Waals surface area contributed by atoms with Crippen LogP contribution in [0.4, 0.5) is 5.82 Å². The summed E-state index contributed by atoms with van der Waals surface area (Å²) in [6.45, 7) is 6.15. The van der Waals surface area contributed by atoms with Gasteiger partial charge in [0, 0.05) is 19.3 Å². The highest BCUT2D eigenvalue weighted by molar-refractivity contribution is 5.51. The van der Waals surface area contributed by atoms with Gasteiger partial charge in [0.2, 0.25) is 0 Å². The highest BCUT2D eigenvalue weighted by atomic mass is 15.1. The van der Waals surface area contributed by atoms with E-state index in [1.807, 2.05) is 0 Å². The van der Waals surface area contributed by atoms with Crippen LogP contribution in [0.1, 0.15) is 19.4 Å². The summed E-state index contributed by atoms with van der Waals surface area (Å²) >= 11 is 0. The third-order valence-corrected chi connectivity index (χ3v) is 2.41. The summed E-state index contributed by atoms with van der Waals surface area (Å²) in [6, 6.07) is 5.68. The molecule has 4 heteroatoms. The summed E-state index contributed by atoms with van der Waals surface area (Å²) in [4.78, 5) is 6.34. The van der Waals surface area contributed by atoms with Gasteiger partial charge in [-0.1, -0.05) is 13.8 Å². The molecule has 0 aliphatic heterocycles. The van der Waals surface area contributed by atoms with Gasteiger partial charge in [-0.15, -0.1) is 0 Å². The summed E-state index contributed by atoms with van der Waals surface area (Å²) in [5.41, 5.74) is 0.724. The SMILES string of the molecule is CN(C)CC(C)(C)CNc1ncccc1C#N. The van der Waals surface area contributed by atoms with Crippen LogP contribution in [0, 0.1) is 16.7 Å². The normalized spacial score (nSPS) is 11.3. The second-order valence-electron chi connectivity index (χ2n) is 5.27. The highest BCUT2D eigenvalue weighted by Gasteiger charge is 2.19. The minimum atomic E-state index is 0.133. The molecule has 0 aliphatic carbocycles. The summed E-state index contributed by atoms with van der Waals surface area (Å²) < 4.78 is 0. The number of nitrogens with zero attached hydrogens (tertiary/aromatic N) is 3. The van der Waals surface area contributed by atoms with Crippen LogP contribution in [-0.4, -0.2) is 37.1 Å². The molecule has 0 spiro atoms. The Kier molecular flexibility index (Phi) is 4.47. The van der Waals surface area contributed by atoms with E-state index in [-0.39, 0.29) is 5.41 Å². The predicted molar refractivity (Wildman–Crippen MR) is 69.8 cm³/mol. The molecular formula is C13H20N4. The smallest absolute Gasteiger partial charge is 0.143 e. The number of anilines is 1. The van der Waals surface area contributed by atoms with Crippen LogP contribution in [0.25, 0.3) is 0 Å². The molecule has 1 N–H and O–H groups in total. The molecule has 0 amide bonds. The number of nitriles is 1. The molecule has 0 radical (unpaired) electrons. The Balaban J connectivity index is 2.64. The van der Waals surface area contributed by atoms with E-state index >= 15 is 0 Å². The number of nitrogens with one attached hydrogen (secondary N) is 1. The quantitative estimate of drug-likeness (QED) is 0.843. The zero-order valence-corrected chi connectivity index (χ0v) is 11.0. The average molecular weight is 232 g/mol. The third-order valence-electron chi connectivity index (χ3n) is 2.41. The van der Waals surface area contributed by atoms with Gasteiger partial charge in [-0.3, -0.25) is 0 Å². The lowest BCUT2D eigenvalue weighted by Crippen LogP contribution is -2.34. The molecule has 4 nitrogen and oxygen atoms in total. The molecule has 0 aromatic carbocycles. The minimum Gasteiger partial charge on any atom is -0.368 e. The van der Waals surface area contributed by atoms with Gasteiger partial charge in [0.05, 0.1) is 5.56 Å². The van der Waals surface area contributed by atoms with E-state index < -0.39 is 0 Å². The van der Waals surface area contributed by atoms with E-state index in [9.17, 15) is 0 Å². The van der Waals surface area contributed by atoms with Crippen molar-refractivity contribution in [2.45, 2.75) is 13.8 Å². The van der Waals surface area contributed by atoms with E-state index in [0.29, 0.717) is 11.4 Å². The number of aromatic nitrogens is 1. The Labute approximate surface area is 103 Å². The van der Waals surface area contributed by atoms with Crippen molar-refractivity contribution >= 4 is 5.82 Å². The van der Waals surface area contributed by atoms with E-state index in [2.05, 4.69) is 49.2 Å². The van der Waals surface area contributed by atoms with Gasteiger partial charge in [-0.2, -0.15) is 5.26 Å². The largest absolute Gasteiger partial charge is 0.368 e. The van der Waals surface area contributed by atoms with E-state index in [0.717, 1.165) is 13.1 Å². The molecule has 0 unspecified atom stereocenters. The van der Waals surface area contributed by atoms with Crippen molar-refractivity contribution in [2.75, 3.05) is 32.5 Å². The number of hydrogen-bond acceptors (Lipinski definition) is 4. The van der Waals surface area contributed by atoms with Crippen molar-refractivity contribution < 1.29 is 0 Å². The molecule has 1 heterocycles. The van der Waals surface area contributed by atoms with Crippen LogP contribution in [0.2, 0.25) is 0 Å². The molecule has 1 aromatic heterocycles. The first kappa shape index (κ1) is 13.5. The highest BCUT2D eigenvalue weighted by Crippen LogP contribution is 2.18. The van der Waals surface area contributed by atoms with Crippen LogP contribution >= 0.6 is 0 Å². The average Bonchev–Trinajstić information content (AvgIpc) is 2.25. The van der Waals surface area contributed by atoms with E-state index in [1.165, 1.54) is 0 Å². The van der Waals surface area contributed by atoms with Gasteiger partial charge in [0.1, 0.15) is 11.9 Å². The fraction of sp³-hybridized carbons (Fsp3) is 0.538. The number of hydrogen-bond donors (Lipinski definition) is 1. The van der Waals surface area contributed by atoms with E-state index in [4.69, 9.17) is 5.26 Å². The van der Waals surface area contributed by atoms with Gasteiger partial charge < -0.3 is 10.2 Å². The van der Waals surface area contributed by atoms with Crippen molar-refractivity contribution in [3.05, 3.63) is 23.9 Å². The summed E-state index contributed by atoms with van der Waals surface area (Å²) in [5.74, 6) is 0.668. The monoisotopic (exact) mass is 232 g/mol. The summed E-state index contributed by atoms with van der Waals surface area (Å²) in [5, 5.41) is 12.2. The van der Waals surface area contributed by atoms with Gasteiger partial charge in [-0.25, -0.2) is 4.98 Å². The van der Waals surface area contributed by atoms with Crippen molar-refractivity contribution in [1.29, 1.82) is 5.26 Å². The fourth-order valence-corrected chi connectivity index (χ4v) is 1.87. The first-order chi connectivity index (χ1) is 7.94. The van der Waals surface area contributed by atoms with Gasteiger partial charge in [0.25, 0.3) is 0 Å². The Hall–Kier alpha value is -1.60. The maximum atomic E-state index is 8.96. The maximum absolute atomic E-state index is 8.96. The molecule has 1 rings (SSSR count). The second kappa shape index (κ2) is 5.65. The molecule has 0 aliphatic rings. The second-order valence-corrected chi connectivity index (χ2v) is 5.27. The van der Waals surface area contributed by atoms with Gasteiger partial charge >= 0.3 is 0 Å². The molecule has 0 saturated carbocycles. The lowest BCUT2D eigenvalue weighted by Gasteiger charge is -2.28. The molecule has 0 saturated heterocycles. The molecular weight excluding hydrogens is 212 g/mol. The van der Waals surface area contributed by atoms with Crippen LogP contribution in [0.5, 0.6) is 0 Å². The van der Waals surface area contributed by atoms with E-state index in [1.54, 1.807) is 18.3 Å². The lowest BCUT2D eigenvalue weighted by atomic mass is 9.93. The zero-order valence-electron chi connectivity index (χ0n) is 11.0. The minimum absolute atomic E-state index is 0.133. The zero-order chi connectivity index (χ0) is 12.9. The van der Waals surface area contributed by atoms with Crippen molar-refractivity contribution in [1.82, 2.24) is 9.88 Å². The Morgan fingerprint density at radius 1 is 1.47 bits per heavy atom. The molecule has 1 aromatic rings. The number of pyridine rings is 1. The summed E-state index contributed by atoms with van der Waals surface area (Å²) in [6.07, 6.45) is 1.70. The predicted octanol–water partition coefficient (Wildman–Crippen LogP) is 1.95. The topological polar surface area (TPSA) is 52.0 Å². The van der Waals surface area contributed by atoms with Crippen LogP contribution in [-0.2, 0) is 0 Å². The maximum Gasteiger partial charge on any atom is 0.143 e. The standard InChI is InChI=1S/C13H20N4/c1-13(2,10-17(3)4)9-16-12-11(8-14)6-5-7-15-12/h5-7H,9-10H2,1-4H3,(H,15,16). The molecule has 0 fully saturated rings. The van der Waals surface area contributed by atoms with Crippen molar-refractivity contribution in [2.24, 2.45) is 5.41 Å². The van der Waals surface area contributed by atoms with Crippen LogP contribution in [0.15, 0.2) is 18.3 Å². The Morgan fingerprint density at radius 3 is 2.76 bits per heavy atom. The summed E-state index contributed by atoms with van der Waals surface area (Å²) in [7, 11) is 4.12. The lowest BCUT2D eigenvalue weighted by molar-refractivity contribution is 0.254. The number of rotatable bonds is 5. The Bertz CT molecular complexity index is 404. The fourth-order valence-electron chi connectivity index (χ4n) is 1.87. The molecule has 92 valence electrons. The molecule has 17 heavy (non-hydrogen) atoms. The Morgan fingerprint density at radius 2 is 2.18 bits per heavy atom. The first-order valence-corrected chi connectivity index (χ1v) is 5.68. The van der Waals surface area contributed by atoms with Crippen LogP contribution < -0.4 is 5.32 Å². The van der Waals surface area contributed by atoms with Gasteiger partial charge in [-0.05, 0) is 31.6 Å². The third kappa shape index (κ3) is 4.41. The molecule has 0 atom stereocenters. The molecule has 0 bridgehead atoms.